The summed E-state index contributed by atoms with van der Waals surface area (Å²) in [4.78, 5) is 24.2. The molecular weight excluding hydrogens is 264 g/mol. The normalized spacial score (nSPS) is 18.7. The highest BCUT2D eigenvalue weighted by Gasteiger charge is 2.26. The molecule has 1 saturated heterocycles. The van der Waals surface area contributed by atoms with Gasteiger partial charge in [-0.15, -0.1) is 0 Å². The second-order valence-corrected chi connectivity index (χ2v) is 4.69. The predicted octanol–water partition coefficient (Wildman–Crippen LogP) is 1.20. The Bertz CT molecular complexity index is 531. The van der Waals surface area contributed by atoms with Gasteiger partial charge >= 0.3 is 0 Å². The highest BCUT2D eigenvalue weighted by molar-refractivity contribution is 5.97. The molecule has 0 spiro atoms. The third-order valence-electron chi connectivity index (χ3n) is 3.31. The second-order valence-electron chi connectivity index (χ2n) is 4.69. The minimum absolute atomic E-state index is 0.149. The van der Waals surface area contributed by atoms with Gasteiger partial charge in [0, 0.05) is 25.2 Å². The fourth-order valence-electron chi connectivity index (χ4n) is 2.29. The van der Waals surface area contributed by atoms with Gasteiger partial charge in [-0.3, -0.25) is 14.9 Å². The maximum absolute atomic E-state index is 12.4. The number of carbonyl (C=O) groups is 1. The number of hydrogen-bond acceptors (Lipinski definition) is 5. The average Bonchev–Trinajstić information content (AvgIpc) is 2.45. The van der Waals surface area contributed by atoms with Crippen molar-refractivity contribution in [1.29, 1.82) is 0 Å². The van der Waals surface area contributed by atoms with E-state index in [1.165, 1.54) is 30.2 Å². The van der Waals surface area contributed by atoms with Crippen molar-refractivity contribution in [3.63, 3.8) is 0 Å². The lowest BCUT2D eigenvalue weighted by Gasteiger charge is -2.30. The van der Waals surface area contributed by atoms with Crippen LogP contribution >= 0.6 is 0 Å². The molecule has 0 aliphatic carbocycles. The summed E-state index contributed by atoms with van der Waals surface area (Å²) in [5.41, 5.74) is -0.0116. The molecule has 20 heavy (non-hydrogen) atoms. The number of benzene rings is 1. The molecule has 0 radical (unpaired) electrons. The number of hydrogen-bond donors (Lipinski definition) is 1. The van der Waals surface area contributed by atoms with Crippen LogP contribution in [-0.4, -0.2) is 47.1 Å². The van der Waals surface area contributed by atoms with E-state index in [9.17, 15) is 20.0 Å². The lowest BCUT2D eigenvalue weighted by molar-refractivity contribution is -0.384. The summed E-state index contributed by atoms with van der Waals surface area (Å²) in [6.07, 6.45) is 0.831. The molecule has 0 bridgehead atoms. The quantitative estimate of drug-likeness (QED) is 0.663. The Labute approximate surface area is 115 Å². The number of piperidine rings is 1. The molecule has 1 atom stereocenters. The van der Waals surface area contributed by atoms with Gasteiger partial charge in [0.2, 0.25) is 0 Å². The fraction of sp³-hybridized carbons (Fsp3) is 0.462. The minimum Gasteiger partial charge on any atom is -0.496 e. The third-order valence-corrected chi connectivity index (χ3v) is 3.31. The van der Waals surface area contributed by atoms with Crippen LogP contribution < -0.4 is 4.74 Å². The number of aliphatic hydroxyl groups is 1. The number of aliphatic hydroxyl groups excluding tert-OH is 1. The largest absolute Gasteiger partial charge is 0.496 e. The zero-order valence-electron chi connectivity index (χ0n) is 11.1. The van der Waals surface area contributed by atoms with E-state index in [0.29, 0.717) is 25.1 Å². The smallest absolute Gasteiger partial charge is 0.270 e. The van der Waals surface area contributed by atoms with Crippen LogP contribution in [-0.2, 0) is 0 Å². The zero-order chi connectivity index (χ0) is 14.7. The number of nitro benzene ring substituents is 1. The van der Waals surface area contributed by atoms with Crippen molar-refractivity contribution < 1.29 is 19.6 Å². The van der Waals surface area contributed by atoms with Crippen molar-refractivity contribution in [2.75, 3.05) is 20.2 Å². The van der Waals surface area contributed by atoms with Crippen molar-refractivity contribution in [3.05, 3.63) is 33.9 Å². The van der Waals surface area contributed by atoms with Gasteiger partial charge in [0.25, 0.3) is 11.6 Å². The number of non-ortho nitro benzene ring substituents is 1. The van der Waals surface area contributed by atoms with Crippen LogP contribution in [0, 0.1) is 10.1 Å². The van der Waals surface area contributed by atoms with Gasteiger partial charge < -0.3 is 14.7 Å². The summed E-state index contributed by atoms with van der Waals surface area (Å²) in [7, 11) is 1.41. The Kier molecular flexibility index (Phi) is 4.19. The van der Waals surface area contributed by atoms with Crippen LogP contribution in [0.15, 0.2) is 18.2 Å². The molecule has 0 unspecified atom stereocenters. The number of β-amino-alcohol motifs (C(OH)–C–C–N with tert-alkyl or cyclic N) is 1. The van der Waals surface area contributed by atoms with E-state index in [4.69, 9.17) is 4.74 Å². The van der Waals surface area contributed by atoms with Gasteiger partial charge in [0.15, 0.2) is 0 Å². The summed E-state index contributed by atoms with van der Waals surface area (Å²) >= 11 is 0. The molecule has 2 rings (SSSR count). The van der Waals surface area contributed by atoms with E-state index in [-0.39, 0.29) is 23.7 Å². The second kappa shape index (κ2) is 5.87. The number of amides is 1. The highest BCUT2D eigenvalue weighted by atomic mass is 16.6. The fourth-order valence-corrected chi connectivity index (χ4v) is 2.29. The molecule has 7 nitrogen and oxygen atoms in total. The molecule has 0 saturated carbocycles. The standard InChI is InChI=1S/C13H16N2O5/c1-20-12-5-4-9(15(18)19)7-11(12)13(17)14-6-2-3-10(16)8-14/h4-5,7,10,16H,2-3,6,8H2,1H3/t10-/m0/s1. The lowest BCUT2D eigenvalue weighted by Crippen LogP contribution is -2.42. The van der Waals surface area contributed by atoms with Gasteiger partial charge in [-0.25, -0.2) is 0 Å². The maximum atomic E-state index is 12.4. The van der Waals surface area contributed by atoms with E-state index in [0.717, 1.165) is 0 Å². The molecule has 7 heteroatoms. The van der Waals surface area contributed by atoms with E-state index in [2.05, 4.69) is 0 Å². The number of nitro groups is 1. The lowest BCUT2D eigenvalue weighted by atomic mass is 10.1. The SMILES string of the molecule is COc1ccc([N+](=O)[O-])cc1C(=O)N1CCC[C@H](O)C1. The molecule has 0 aromatic heterocycles. The van der Waals surface area contributed by atoms with E-state index < -0.39 is 11.0 Å². The topological polar surface area (TPSA) is 92.9 Å². The van der Waals surface area contributed by atoms with Crippen LogP contribution in [0.2, 0.25) is 0 Å². The van der Waals surface area contributed by atoms with Crippen LogP contribution in [0.5, 0.6) is 5.75 Å². The minimum atomic E-state index is -0.554. The van der Waals surface area contributed by atoms with Crippen LogP contribution in [0.3, 0.4) is 0 Å². The number of nitrogens with zero attached hydrogens (tertiary/aromatic N) is 2. The molecule has 1 aliphatic rings. The summed E-state index contributed by atoms with van der Waals surface area (Å²) in [5, 5.41) is 20.4. The zero-order valence-corrected chi connectivity index (χ0v) is 11.1. The maximum Gasteiger partial charge on any atom is 0.270 e. The highest BCUT2D eigenvalue weighted by Crippen LogP contribution is 2.26. The molecule has 1 N–H and O–H groups in total. The molecule has 1 aromatic rings. The first-order chi connectivity index (χ1) is 9.52. The Hall–Kier alpha value is -2.15. The Morgan fingerprint density at radius 1 is 1.55 bits per heavy atom. The molecule has 1 aliphatic heterocycles. The van der Waals surface area contributed by atoms with Crippen molar-refractivity contribution in [1.82, 2.24) is 4.90 Å². The average molecular weight is 280 g/mol. The number of rotatable bonds is 3. The number of likely N-dealkylation sites (tertiary alicyclic amines) is 1. The number of methoxy groups -OCH3 is 1. The molecule has 1 aromatic carbocycles. The summed E-state index contributed by atoms with van der Waals surface area (Å²) in [5.74, 6) is -0.0648. The molecule has 1 amide bonds. The Balaban J connectivity index is 2.31. The first-order valence-electron chi connectivity index (χ1n) is 6.32. The van der Waals surface area contributed by atoms with Crippen molar-refractivity contribution >= 4 is 11.6 Å². The van der Waals surface area contributed by atoms with Crippen molar-refractivity contribution in [2.45, 2.75) is 18.9 Å². The first kappa shape index (κ1) is 14.3. The van der Waals surface area contributed by atoms with Crippen molar-refractivity contribution in [2.24, 2.45) is 0 Å². The van der Waals surface area contributed by atoms with Crippen LogP contribution in [0.1, 0.15) is 23.2 Å². The van der Waals surface area contributed by atoms with Gasteiger partial charge in [-0.1, -0.05) is 0 Å². The summed E-state index contributed by atoms with van der Waals surface area (Å²) < 4.78 is 5.09. The van der Waals surface area contributed by atoms with Crippen LogP contribution in [0.4, 0.5) is 5.69 Å². The van der Waals surface area contributed by atoms with E-state index in [1.807, 2.05) is 0 Å². The third kappa shape index (κ3) is 2.88. The van der Waals surface area contributed by atoms with E-state index >= 15 is 0 Å². The Morgan fingerprint density at radius 2 is 2.30 bits per heavy atom. The first-order valence-corrected chi connectivity index (χ1v) is 6.32. The molecular formula is C13H16N2O5. The van der Waals surface area contributed by atoms with Gasteiger partial charge in [0.1, 0.15) is 5.75 Å². The summed E-state index contributed by atoms with van der Waals surface area (Å²) in [6, 6.07) is 3.91. The monoisotopic (exact) mass is 280 g/mol. The number of ether oxygens (including phenoxy) is 1. The summed E-state index contributed by atoms with van der Waals surface area (Å²) in [6.45, 7) is 0.770. The molecule has 108 valence electrons. The van der Waals surface area contributed by atoms with E-state index in [1.54, 1.807) is 0 Å². The van der Waals surface area contributed by atoms with Crippen molar-refractivity contribution in [3.8, 4) is 5.75 Å². The molecule has 1 heterocycles. The predicted molar refractivity (Wildman–Crippen MR) is 70.8 cm³/mol. The van der Waals surface area contributed by atoms with Gasteiger partial charge in [-0.05, 0) is 18.9 Å². The van der Waals surface area contributed by atoms with Gasteiger partial charge in [0.05, 0.1) is 23.7 Å². The van der Waals surface area contributed by atoms with Crippen LogP contribution in [0.25, 0.3) is 0 Å². The Morgan fingerprint density at radius 3 is 2.90 bits per heavy atom. The van der Waals surface area contributed by atoms with Gasteiger partial charge in [-0.2, -0.15) is 0 Å². The molecule has 1 fully saturated rings. The number of carbonyl (C=O) groups excluding carboxylic acids is 1.